The van der Waals surface area contributed by atoms with Crippen LogP contribution in [0, 0.1) is 0 Å². The van der Waals surface area contributed by atoms with Crippen molar-refractivity contribution in [1.82, 2.24) is 19.7 Å². The van der Waals surface area contributed by atoms with E-state index in [2.05, 4.69) is 39.7 Å². The zero-order valence-corrected chi connectivity index (χ0v) is 12.1. The number of hydrogen-bond donors (Lipinski definition) is 3. The molecule has 7 heteroatoms. The lowest BCUT2D eigenvalue weighted by atomic mass is 10.1. The maximum Gasteiger partial charge on any atom is 0.148 e. The fourth-order valence-electron chi connectivity index (χ4n) is 2.16. The van der Waals surface area contributed by atoms with Crippen molar-refractivity contribution >= 4 is 17.3 Å². The second kappa shape index (κ2) is 6.33. The lowest BCUT2D eigenvalue weighted by Crippen LogP contribution is -2.13. The van der Waals surface area contributed by atoms with Crippen molar-refractivity contribution < 1.29 is 0 Å². The minimum absolute atomic E-state index is 0.659. The van der Waals surface area contributed by atoms with E-state index in [0.717, 1.165) is 42.0 Å². The minimum atomic E-state index is 0.659. The monoisotopic (exact) mass is 275 g/mol. The number of aryl methyl sites for hydroxylation is 2. The normalized spacial score (nSPS) is 10.6. The summed E-state index contributed by atoms with van der Waals surface area (Å²) in [5, 5.41) is 7.76. The Kier molecular flexibility index (Phi) is 4.52. The SMILES string of the molecule is CCCc1c(NN)ncnc1Nc1cn(C)nc1CC. The first-order chi connectivity index (χ1) is 9.69. The molecule has 0 saturated heterocycles. The zero-order valence-electron chi connectivity index (χ0n) is 12.1. The molecule has 2 rings (SSSR count). The Morgan fingerprint density at radius 1 is 1.25 bits per heavy atom. The van der Waals surface area contributed by atoms with Crippen LogP contribution in [0.4, 0.5) is 17.3 Å². The minimum Gasteiger partial charge on any atom is -0.337 e. The van der Waals surface area contributed by atoms with Crippen LogP contribution in [0.3, 0.4) is 0 Å². The van der Waals surface area contributed by atoms with Crippen molar-refractivity contribution in [1.29, 1.82) is 0 Å². The summed E-state index contributed by atoms with van der Waals surface area (Å²) in [7, 11) is 1.91. The molecule has 7 nitrogen and oxygen atoms in total. The number of aromatic nitrogens is 4. The molecule has 20 heavy (non-hydrogen) atoms. The van der Waals surface area contributed by atoms with Crippen molar-refractivity contribution in [2.24, 2.45) is 12.9 Å². The lowest BCUT2D eigenvalue weighted by molar-refractivity contribution is 0.746. The predicted octanol–water partition coefficient (Wildman–Crippen LogP) is 1.75. The van der Waals surface area contributed by atoms with Gasteiger partial charge in [0.1, 0.15) is 18.0 Å². The third kappa shape index (κ3) is 2.88. The summed E-state index contributed by atoms with van der Waals surface area (Å²) in [6.07, 6.45) is 6.15. The Hall–Kier alpha value is -2.15. The van der Waals surface area contributed by atoms with Gasteiger partial charge in [0.25, 0.3) is 0 Å². The molecule has 2 aromatic heterocycles. The van der Waals surface area contributed by atoms with Gasteiger partial charge in [0, 0.05) is 18.8 Å². The van der Waals surface area contributed by atoms with E-state index in [1.807, 2.05) is 13.2 Å². The van der Waals surface area contributed by atoms with E-state index in [4.69, 9.17) is 5.84 Å². The van der Waals surface area contributed by atoms with Crippen molar-refractivity contribution in [3.05, 3.63) is 23.8 Å². The first kappa shape index (κ1) is 14.3. The molecule has 0 aliphatic carbocycles. The van der Waals surface area contributed by atoms with Gasteiger partial charge in [-0.2, -0.15) is 5.10 Å². The van der Waals surface area contributed by atoms with Crippen LogP contribution in [-0.4, -0.2) is 19.7 Å². The number of nitrogen functional groups attached to an aromatic ring is 1. The Morgan fingerprint density at radius 3 is 2.65 bits per heavy atom. The largest absolute Gasteiger partial charge is 0.337 e. The molecule has 0 fully saturated rings. The maximum atomic E-state index is 5.52. The number of nitrogens with one attached hydrogen (secondary N) is 2. The summed E-state index contributed by atoms with van der Waals surface area (Å²) in [4.78, 5) is 8.49. The predicted molar refractivity (Wildman–Crippen MR) is 79.7 cm³/mol. The van der Waals surface area contributed by atoms with E-state index < -0.39 is 0 Å². The van der Waals surface area contributed by atoms with Crippen LogP contribution in [-0.2, 0) is 19.9 Å². The number of nitrogens with two attached hydrogens (primary N) is 1. The summed E-state index contributed by atoms with van der Waals surface area (Å²) in [6.45, 7) is 4.19. The van der Waals surface area contributed by atoms with E-state index in [0.29, 0.717) is 5.82 Å². The summed E-state index contributed by atoms with van der Waals surface area (Å²) in [6, 6.07) is 0. The van der Waals surface area contributed by atoms with E-state index in [1.54, 1.807) is 4.68 Å². The fraction of sp³-hybridized carbons (Fsp3) is 0.462. The van der Waals surface area contributed by atoms with Gasteiger partial charge in [0.2, 0.25) is 0 Å². The quantitative estimate of drug-likeness (QED) is 0.549. The van der Waals surface area contributed by atoms with E-state index in [1.165, 1.54) is 6.33 Å². The van der Waals surface area contributed by atoms with Crippen molar-refractivity contribution in [2.45, 2.75) is 33.1 Å². The van der Waals surface area contributed by atoms with Gasteiger partial charge in [-0.25, -0.2) is 15.8 Å². The highest BCUT2D eigenvalue weighted by atomic mass is 15.3. The van der Waals surface area contributed by atoms with Crippen LogP contribution >= 0.6 is 0 Å². The second-order valence-electron chi connectivity index (χ2n) is 4.59. The lowest BCUT2D eigenvalue weighted by Gasteiger charge is -2.13. The molecule has 0 aliphatic heterocycles. The van der Waals surface area contributed by atoms with Crippen LogP contribution in [0.1, 0.15) is 31.5 Å². The molecule has 0 atom stereocenters. The third-order valence-corrected chi connectivity index (χ3v) is 3.08. The van der Waals surface area contributed by atoms with Crippen LogP contribution in [0.2, 0.25) is 0 Å². The van der Waals surface area contributed by atoms with Gasteiger partial charge in [0.15, 0.2) is 0 Å². The number of rotatable bonds is 6. The number of hydrazine groups is 1. The summed E-state index contributed by atoms with van der Waals surface area (Å²) in [5.74, 6) is 6.95. The molecule has 0 bridgehead atoms. The molecule has 0 unspecified atom stereocenters. The molecule has 2 heterocycles. The van der Waals surface area contributed by atoms with Gasteiger partial charge < -0.3 is 10.7 Å². The first-order valence-electron chi connectivity index (χ1n) is 6.79. The zero-order chi connectivity index (χ0) is 14.5. The fourth-order valence-corrected chi connectivity index (χ4v) is 2.16. The number of hydrogen-bond acceptors (Lipinski definition) is 6. The molecule has 108 valence electrons. The second-order valence-corrected chi connectivity index (χ2v) is 4.59. The Labute approximate surface area is 118 Å². The highest BCUT2D eigenvalue weighted by molar-refractivity contribution is 5.65. The summed E-state index contributed by atoms with van der Waals surface area (Å²) >= 11 is 0. The van der Waals surface area contributed by atoms with E-state index in [9.17, 15) is 0 Å². The van der Waals surface area contributed by atoms with E-state index >= 15 is 0 Å². The van der Waals surface area contributed by atoms with Gasteiger partial charge in [0.05, 0.1) is 11.4 Å². The summed E-state index contributed by atoms with van der Waals surface area (Å²) in [5.41, 5.74) is 5.59. The summed E-state index contributed by atoms with van der Waals surface area (Å²) < 4.78 is 1.80. The topological polar surface area (TPSA) is 93.7 Å². The highest BCUT2D eigenvalue weighted by Crippen LogP contribution is 2.25. The average molecular weight is 275 g/mol. The first-order valence-corrected chi connectivity index (χ1v) is 6.79. The Morgan fingerprint density at radius 2 is 2.00 bits per heavy atom. The van der Waals surface area contributed by atoms with E-state index in [-0.39, 0.29) is 0 Å². The van der Waals surface area contributed by atoms with Crippen LogP contribution < -0.4 is 16.6 Å². The molecule has 0 spiro atoms. The molecule has 4 N–H and O–H groups in total. The van der Waals surface area contributed by atoms with Crippen molar-refractivity contribution in [3.63, 3.8) is 0 Å². The number of nitrogens with zero attached hydrogens (tertiary/aromatic N) is 4. The standard InChI is InChI=1S/C13H21N7/c1-4-6-9-12(15-8-16-13(9)18-14)17-11-7-20(3)19-10(11)5-2/h7-8H,4-6,14H2,1-3H3,(H2,15,16,17,18). The van der Waals surface area contributed by atoms with Gasteiger partial charge in [-0.3, -0.25) is 4.68 Å². The molecule has 0 saturated carbocycles. The van der Waals surface area contributed by atoms with Gasteiger partial charge >= 0.3 is 0 Å². The van der Waals surface area contributed by atoms with Crippen LogP contribution in [0.5, 0.6) is 0 Å². The van der Waals surface area contributed by atoms with Crippen molar-refractivity contribution in [2.75, 3.05) is 10.7 Å². The average Bonchev–Trinajstić information content (AvgIpc) is 2.81. The highest BCUT2D eigenvalue weighted by Gasteiger charge is 2.13. The van der Waals surface area contributed by atoms with Gasteiger partial charge in [-0.1, -0.05) is 20.3 Å². The third-order valence-electron chi connectivity index (χ3n) is 3.08. The Bertz CT molecular complexity index is 576. The molecule has 0 aliphatic rings. The molecular formula is C13H21N7. The van der Waals surface area contributed by atoms with Crippen LogP contribution in [0.25, 0.3) is 0 Å². The van der Waals surface area contributed by atoms with Gasteiger partial charge in [-0.05, 0) is 12.8 Å². The maximum absolute atomic E-state index is 5.52. The molecule has 0 aromatic carbocycles. The van der Waals surface area contributed by atoms with Crippen LogP contribution in [0.15, 0.2) is 12.5 Å². The molecular weight excluding hydrogens is 254 g/mol. The molecule has 0 amide bonds. The smallest absolute Gasteiger partial charge is 0.148 e. The van der Waals surface area contributed by atoms with Crippen molar-refractivity contribution in [3.8, 4) is 0 Å². The Balaban J connectivity index is 2.37. The number of anilines is 3. The van der Waals surface area contributed by atoms with Gasteiger partial charge in [-0.15, -0.1) is 0 Å². The molecule has 0 radical (unpaired) electrons. The molecule has 2 aromatic rings.